The Hall–Kier alpha value is -3.94. The van der Waals surface area contributed by atoms with Crippen LogP contribution < -0.4 is 0 Å². The smallest absolute Gasteiger partial charge is 0.257 e. The van der Waals surface area contributed by atoms with Gasteiger partial charge in [-0.2, -0.15) is 4.98 Å². The lowest BCUT2D eigenvalue weighted by Gasteiger charge is -2.14. The summed E-state index contributed by atoms with van der Waals surface area (Å²) in [5.74, 6) is 1.15. The number of carbonyl (C=O) groups excluding carboxylic acids is 1. The summed E-state index contributed by atoms with van der Waals surface area (Å²) in [5.41, 5.74) is 3.19. The molecule has 1 amide bonds. The largest absolute Gasteiger partial charge is 0.337 e. The fraction of sp³-hybridized carbons (Fsp3) is 0.143. The van der Waals surface area contributed by atoms with Gasteiger partial charge in [0, 0.05) is 43.0 Å². The Balaban J connectivity index is 1.45. The molecule has 0 saturated carbocycles. The third kappa shape index (κ3) is 4.16. The van der Waals surface area contributed by atoms with Gasteiger partial charge in [0.2, 0.25) is 11.7 Å². The summed E-state index contributed by atoms with van der Waals surface area (Å²) in [6.45, 7) is 2.18. The van der Waals surface area contributed by atoms with Crippen molar-refractivity contribution >= 4 is 5.91 Å². The summed E-state index contributed by atoms with van der Waals surface area (Å²) in [6.07, 6.45) is 6.35. The summed E-state index contributed by atoms with van der Waals surface area (Å²) >= 11 is 0. The van der Waals surface area contributed by atoms with Crippen LogP contribution in [0, 0.1) is 6.92 Å². The molecule has 8 heteroatoms. The molecule has 1 aromatic carbocycles. The number of carbonyl (C=O) groups is 1. The summed E-state index contributed by atoms with van der Waals surface area (Å²) in [6, 6.07) is 11.4. The van der Waals surface area contributed by atoms with Crippen LogP contribution in [0.15, 0.2) is 65.7 Å². The number of benzene rings is 1. The monoisotopic (exact) mass is 386 g/mol. The predicted molar refractivity (Wildman–Crippen MR) is 106 cm³/mol. The maximum Gasteiger partial charge on any atom is 0.257 e. The van der Waals surface area contributed by atoms with Crippen LogP contribution in [0.1, 0.15) is 21.8 Å². The molecule has 0 atom stereocenters. The minimum Gasteiger partial charge on any atom is -0.337 e. The molecule has 3 heterocycles. The maximum absolute atomic E-state index is 12.7. The Bertz CT molecular complexity index is 1130. The van der Waals surface area contributed by atoms with E-state index in [1.165, 1.54) is 17.3 Å². The van der Waals surface area contributed by atoms with Gasteiger partial charge in [-0.15, -0.1) is 0 Å². The quantitative estimate of drug-likeness (QED) is 0.519. The first-order chi connectivity index (χ1) is 14.1. The molecule has 8 nitrogen and oxygen atoms in total. The van der Waals surface area contributed by atoms with Crippen molar-refractivity contribution in [2.24, 2.45) is 0 Å². The van der Waals surface area contributed by atoms with Crippen LogP contribution >= 0.6 is 0 Å². The Morgan fingerprint density at radius 3 is 2.52 bits per heavy atom. The zero-order chi connectivity index (χ0) is 20.2. The van der Waals surface area contributed by atoms with Crippen molar-refractivity contribution in [1.29, 1.82) is 0 Å². The molecule has 0 radical (unpaired) electrons. The van der Waals surface area contributed by atoms with E-state index in [1.807, 2.05) is 43.3 Å². The third-order valence-electron chi connectivity index (χ3n) is 4.30. The normalized spacial score (nSPS) is 10.7. The second-order valence-corrected chi connectivity index (χ2v) is 6.57. The van der Waals surface area contributed by atoms with E-state index < -0.39 is 0 Å². The highest BCUT2D eigenvalue weighted by molar-refractivity contribution is 5.93. The number of hydrogen-bond donors (Lipinski definition) is 0. The molecule has 3 aromatic heterocycles. The fourth-order valence-corrected chi connectivity index (χ4v) is 2.80. The van der Waals surface area contributed by atoms with Gasteiger partial charge in [0.05, 0.1) is 12.1 Å². The van der Waals surface area contributed by atoms with Crippen molar-refractivity contribution in [3.05, 3.63) is 78.2 Å². The van der Waals surface area contributed by atoms with E-state index in [0.29, 0.717) is 23.1 Å². The van der Waals surface area contributed by atoms with Crippen LogP contribution in [0.25, 0.3) is 22.8 Å². The maximum atomic E-state index is 12.7. The summed E-state index contributed by atoms with van der Waals surface area (Å²) in [4.78, 5) is 31.0. The van der Waals surface area contributed by atoms with Crippen molar-refractivity contribution in [3.63, 3.8) is 0 Å². The van der Waals surface area contributed by atoms with Gasteiger partial charge < -0.3 is 9.42 Å². The van der Waals surface area contributed by atoms with Gasteiger partial charge in [-0.3, -0.25) is 9.78 Å². The number of hydrogen-bond acceptors (Lipinski definition) is 7. The molecule has 29 heavy (non-hydrogen) atoms. The van der Waals surface area contributed by atoms with E-state index in [2.05, 4.69) is 25.1 Å². The zero-order valence-electron chi connectivity index (χ0n) is 16.0. The number of pyridine rings is 1. The molecule has 0 aliphatic heterocycles. The lowest BCUT2D eigenvalue weighted by atomic mass is 10.1. The fourth-order valence-electron chi connectivity index (χ4n) is 2.80. The standard InChI is InChI=1S/C21H18N6O2/c1-14-4-3-5-16(10-14)20-25-18(29-26-20)13-27(2)21(28)17-11-23-19(24-12-17)15-6-8-22-9-7-15/h3-12H,13H2,1-2H3. The van der Waals surface area contributed by atoms with Crippen LogP contribution in [0.3, 0.4) is 0 Å². The van der Waals surface area contributed by atoms with Gasteiger partial charge in [0.15, 0.2) is 5.82 Å². The third-order valence-corrected chi connectivity index (χ3v) is 4.30. The average molecular weight is 386 g/mol. The number of nitrogens with zero attached hydrogens (tertiary/aromatic N) is 6. The van der Waals surface area contributed by atoms with Gasteiger partial charge in [0.1, 0.15) is 0 Å². The molecule has 0 N–H and O–H groups in total. The van der Waals surface area contributed by atoms with Crippen LogP contribution in [0.5, 0.6) is 0 Å². The second-order valence-electron chi connectivity index (χ2n) is 6.57. The van der Waals surface area contributed by atoms with Crippen molar-refractivity contribution < 1.29 is 9.32 Å². The molecule has 0 aliphatic carbocycles. The predicted octanol–water partition coefficient (Wildman–Crippen LogP) is 3.17. The van der Waals surface area contributed by atoms with Crippen LogP contribution in [-0.4, -0.2) is 42.9 Å². The van der Waals surface area contributed by atoms with Crippen molar-refractivity contribution in [2.45, 2.75) is 13.5 Å². The number of aromatic nitrogens is 5. The summed E-state index contributed by atoms with van der Waals surface area (Å²) in [5, 5.41) is 4.00. The Morgan fingerprint density at radius 2 is 1.79 bits per heavy atom. The minimum atomic E-state index is -0.235. The molecular formula is C21H18N6O2. The molecular weight excluding hydrogens is 368 g/mol. The van der Waals surface area contributed by atoms with E-state index >= 15 is 0 Å². The van der Waals surface area contributed by atoms with Gasteiger partial charge in [0.25, 0.3) is 5.91 Å². The van der Waals surface area contributed by atoms with Gasteiger partial charge >= 0.3 is 0 Å². The van der Waals surface area contributed by atoms with E-state index in [9.17, 15) is 4.79 Å². The Labute approximate surface area is 167 Å². The molecule has 4 rings (SSSR count). The Morgan fingerprint density at radius 1 is 1.03 bits per heavy atom. The molecule has 0 spiro atoms. The highest BCUT2D eigenvalue weighted by Crippen LogP contribution is 2.18. The number of amides is 1. The molecule has 4 aromatic rings. The average Bonchev–Trinajstić information content (AvgIpc) is 3.22. The molecule has 0 fully saturated rings. The SMILES string of the molecule is Cc1cccc(-c2noc(CN(C)C(=O)c3cnc(-c4ccncc4)nc3)n2)c1. The summed E-state index contributed by atoms with van der Waals surface area (Å²) < 4.78 is 5.30. The van der Waals surface area contributed by atoms with Crippen LogP contribution in [0.4, 0.5) is 0 Å². The topological polar surface area (TPSA) is 97.9 Å². The van der Waals surface area contributed by atoms with Crippen molar-refractivity contribution in [2.75, 3.05) is 7.05 Å². The molecule has 0 bridgehead atoms. The van der Waals surface area contributed by atoms with Gasteiger partial charge in [-0.05, 0) is 25.1 Å². The van der Waals surface area contributed by atoms with Crippen molar-refractivity contribution in [1.82, 2.24) is 30.0 Å². The van der Waals surface area contributed by atoms with E-state index in [1.54, 1.807) is 19.4 Å². The second kappa shape index (κ2) is 7.97. The zero-order valence-corrected chi connectivity index (χ0v) is 16.0. The first-order valence-electron chi connectivity index (χ1n) is 8.97. The molecule has 0 saturated heterocycles. The Kier molecular flexibility index (Phi) is 5.07. The number of aryl methyl sites for hydroxylation is 1. The van der Waals surface area contributed by atoms with Gasteiger partial charge in [-0.1, -0.05) is 28.9 Å². The minimum absolute atomic E-state index is 0.184. The van der Waals surface area contributed by atoms with Crippen molar-refractivity contribution in [3.8, 4) is 22.8 Å². The lowest BCUT2D eigenvalue weighted by molar-refractivity contribution is 0.0768. The van der Waals surface area contributed by atoms with Gasteiger partial charge in [-0.25, -0.2) is 9.97 Å². The summed E-state index contributed by atoms with van der Waals surface area (Å²) in [7, 11) is 1.66. The van der Waals surface area contributed by atoms with E-state index in [4.69, 9.17) is 4.52 Å². The van der Waals surface area contributed by atoms with Crippen LogP contribution in [0.2, 0.25) is 0 Å². The first-order valence-corrected chi connectivity index (χ1v) is 8.97. The highest BCUT2D eigenvalue weighted by Gasteiger charge is 2.17. The van der Waals surface area contributed by atoms with Crippen LogP contribution in [-0.2, 0) is 6.54 Å². The van der Waals surface area contributed by atoms with E-state index in [0.717, 1.165) is 16.7 Å². The number of rotatable bonds is 5. The first kappa shape index (κ1) is 18.4. The molecule has 144 valence electrons. The van der Waals surface area contributed by atoms with E-state index in [-0.39, 0.29) is 12.5 Å². The molecule has 0 unspecified atom stereocenters. The molecule has 0 aliphatic rings. The highest BCUT2D eigenvalue weighted by atomic mass is 16.5. The lowest BCUT2D eigenvalue weighted by Crippen LogP contribution is -2.26.